The highest BCUT2D eigenvalue weighted by atomic mass is 79.9. The van der Waals surface area contributed by atoms with E-state index in [1.54, 1.807) is 12.1 Å². The van der Waals surface area contributed by atoms with Crippen LogP contribution in [0.15, 0.2) is 16.6 Å². The van der Waals surface area contributed by atoms with Crippen molar-refractivity contribution in [2.45, 2.75) is 6.42 Å². The Labute approximate surface area is 89.0 Å². The molecule has 0 bridgehead atoms. The summed E-state index contributed by atoms with van der Waals surface area (Å²) in [5.74, 6) is 0. The summed E-state index contributed by atoms with van der Waals surface area (Å²) < 4.78 is 0.746. The Balaban J connectivity index is 3.16. The molecule has 0 unspecified atom stereocenters. The lowest BCUT2D eigenvalue weighted by Crippen LogP contribution is -1.84. The molecule has 0 saturated heterocycles. The molecule has 0 amide bonds. The van der Waals surface area contributed by atoms with Crippen LogP contribution in [0, 0.1) is 11.3 Å². The number of benzene rings is 1. The van der Waals surface area contributed by atoms with E-state index in [0.29, 0.717) is 10.0 Å². The van der Waals surface area contributed by atoms with Crippen LogP contribution in [0.3, 0.4) is 0 Å². The van der Waals surface area contributed by atoms with E-state index < -0.39 is 0 Å². The van der Waals surface area contributed by atoms with Crippen LogP contribution in [0.25, 0.3) is 0 Å². The van der Waals surface area contributed by atoms with E-state index in [9.17, 15) is 0 Å². The Morgan fingerprint density at radius 3 is 2.58 bits per heavy atom. The molecule has 4 heteroatoms. The predicted octanol–water partition coefficient (Wildman–Crippen LogP) is 3.82. The normalized spacial score (nSPS) is 9.50. The maximum absolute atomic E-state index is 8.44. The highest BCUT2D eigenvalue weighted by Crippen LogP contribution is 2.29. The Bertz CT molecular complexity index is 344. The topological polar surface area (TPSA) is 23.8 Å². The van der Waals surface area contributed by atoms with Gasteiger partial charge in [0.15, 0.2) is 0 Å². The molecule has 1 nitrogen and oxygen atoms in total. The van der Waals surface area contributed by atoms with E-state index >= 15 is 0 Å². The lowest BCUT2D eigenvalue weighted by atomic mass is 10.2. The van der Waals surface area contributed by atoms with Crippen molar-refractivity contribution < 1.29 is 0 Å². The van der Waals surface area contributed by atoms with Crippen molar-refractivity contribution in [2.24, 2.45) is 0 Å². The zero-order valence-electron chi connectivity index (χ0n) is 5.94. The Morgan fingerprint density at radius 2 is 2.00 bits per heavy atom. The number of nitriles is 1. The summed E-state index contributed by atoms with van der Waals surface area (Å²) >= 11 is 14.9. The fourth-order valence-corrected chi connectivity index (χ4v) is 1.68. The SMILES string of the molecule is N#CCc1cc(Cl)c(Br)cc1Cl. The van der Waals surface area contributed by atoms with Gasteiger partial charge in [-0.1, -0.05) is 23.2 Å². The minimum Gasteiger partial charge on any atom is -0.198 e. The first kappa shape index (κ1) is 9.85. The molecule has 0 aromatic heterocycles. The maximum atomic E-state index is 8.44. The standard InChI is InChI=1S/C8H4BrCl2N/c9-6-4-7(10)5(1-2-12)3-8(6)11/h3-4H,1H2. The van der Waals surface area contributed by atoms with Crippen molar-refractivity contribution in [1.29, 1.82) is 5.26 Å². The summed E-state index contributed by atoms with van der Waals surface area (Å²) in [6.45, 7) is 0. The molecule has 0 spiro atoms. The summed E-state index contributed by atoms with van der Waals surface area (Å²) in [5, 5.41) is 9.58. The predicted molar refractivity (Wildman–Crippen MR) is 53.5 cm³/mol. The molecule has 0 N–H and O–H groups in total. The zero-order valence-corrected chi connectivity index (χ0v) is 9.04. The van der Waals surface area contributed by atoms with Crippen molar-refractivity contribution in [3.05, 3.63) is 32.2 Å². The van der Waals surface area contributed by atoms with E-state index in [1.165, 1.54) is 0 Å². The molecule has 0 radical (unpaired) electrons. The number of rotatable bonds is 1. The van der Waals surface area contributed by atoms with Crippen LogP contribution in [0.4, 0.5) is 0 Å². The smallest absolute Gasteiger partial charge is 0.0670 e. The van der Waals surface area contributed by atoms with Crippen LogP contribution in [0.5, 0.6) is 0 Å². The van der Waals surface area contributed by atoms with Gasteiger partial charge in [0.25, 0.3) is 0 Å². The van der Waals surface area contributed by atoms with Gasteiger partial charge in [0, 0.05) is 9.50 Å². The van der Waals surface area contributed by atoms with Gasteiger partial charge in [-0.05, 0) is 33.6 Å². The molecule has 0 aliphatic carbocycles. The molecule has 0 saturated carbocycles. The third kappa shape index (κ3) is 2.13. The average molecular weight is 265 g/mol. The maximum Gasteiger partial charge on any atom is 0.0670 e. The van der Waals surface area contributed by atoms with Crippen LogP contribution in [0.2, 0.25) is 10.0 Å². The van der Waals surface area contributed by atoms with Crippen molar-refractivity contribution in [3.63, 3.8) is 0 Å². The lowest BCUT2D eigenvalue weighted by Gasteiger charge is -2.01. The van der Waals surface area contributed by atoms with Crippen LogP contribution in [-0.2, 0) is 6.42 Å². The molecule has 0 fully saturated rings. The molecule has 0 aliphatic heterocycles. The minimum absolute atomic E-state index is 0.284. The highest BCUT2D eigenvalue weighted by Gasteiger charge is 2.04. The van der Waals surface area contributed by atoms with Gasteiger partial charge < -0.3 is 0 Å². The molecule has 0 atom stereocenters. The van der Waals surface area contributed by atoms with Crippen LogP contribution in [0.1, 0.15) is 5.56 Å². The first-order valence-electron chi connectivity index (χ1n) is 3.15. The Kier molecular flexibility index (Phi) is 3.39. The summed E-state index contributed by atoms with van der Waals surface area (Å²) in [5.41, 5.74) is 0.757. The van der Waals surface area contributed by atoms with Crippen molar-refractivity contribution >= 4 is 39.1 Å². The van der Waals surface area contributed by atoms with E-state index in [1.807, 2.05) is 6.07 Å². The molecular weight excluding hydrogens is 261 g/mol. The molecule has 62 valence electrons. The molecular formula is C8H4BrCl2N. The Morgan fingerprint density at radius 1 is 1.33 bits per heavy atom. The molecule has 1 aromatic rings. The largest absolute Gasteiger partial charge is 0.198 e. The summed E-state index contributed by atoms with van der Waals surface area (Å²) in [6.07, 6.45) is 0.284. The second-order valence-corrected chi connectivity index (χ2v) is 3.86. The number of hydrogen-bond acceptors (Lipinski definition) is 1. The van der Waals surface area contributed by atoms with Gasteiger partial charge in [-0.3, -0.25) is 0 Å². The molecule has 12 heavy (non-hydrogen) atoms. The van der Waals surface area contributed by atoms with Gasteiger partial charge in [-0.15, -0.1) is 0 Å². The number of hydrogen-bond donors (Lipinski definition) is 0. The van der Waals surface area contributed by atoms with Gasteiger partial charge in [-0.25, -0.2) is 0 Å². The Hall–Kier alpha value is -0.230. The van der Waals surface area contributed by atoms with Gasteiger partial charge in [-0.2, -0.15) is 5.26 Å². The third-order valence-corrected chi connectivity index (χ3v) is 2.91. The fourth-order valence-electron chi connectivity index (χ4n) is 0.784. The van der Waals surface area contributed by atoms with Gasteiger partial charge in [0.05, 0.1) is 17.5 Å². The van der Waals surface area contributed by atoms with Crippen molar-refractivity contribution in [1.82, 2.24) is 0 Å². The van der Waals surface area contributed by atoms with Crippen LogP contribution >= 0.6 is 39.1 Å². The first-order valence-corrected chi connectivity index (χ1v) is 4.70. The molecule has 0 heterocycles. The minimum atomic E-state index is 0.284. The van der Waals surface area contributed by atoms with Crippen LogP contribution in [-0.4, -0.2) is 0 Å². The van der Waals surface area contributed by atoms with Crippen LogP contribution < -0.4 is 0 Å². The van der Waals surface area contributed by atoms with Crippen molar-refractivity contribution in [2.75, 3.05) is 0 Å². The van der Waals surface area contributed by atoms with Gasteiger partial charge in [0.2, 0.25) is 0 Å². The quantitative estimate of drug-likeness (QED) is 0.708. The molecule has 1 rings (SSSR count). The average Bonchev–Trinajstić information content (AvgIpc) is 2.01. The van der Waals surface area contributed by atoms with E-state index in [4.69, 9.17) is 28.5 Å². The van der Waals surface area contributed by atoms with Gasteiger partial charge in [0.1, 0.15) is 0 Å². The van der Waals surface area contributed by atoms with Gasteiger partial charge >= 0.3 is 0 Å². The number of halogens is 3. The second-order valence-electron chi connectivity index (χ2n) is 2.19. The summed E-state index contributed by atoms with van der Waals surface area (Å²) in [7, 11) is 0. The molecule has 0 aliphatic rings. The summed E-state index contributed by atoms with van der Waals surface area (Å²) in [6, 6.07) is 5.40. The highest BCUT2D eigenvalue weighted by molar-refractivity contribution is 9.10. The van der Waals surface area contributed by atoms with E-state index in [0.717, 1.165) is 10.0 Å². The second kappa shape index (κ2) is 4.13. The zero-order chi connectivity index (χ0) is 9.14. The first-order chi connectivity index (χ1) is 5.65. The van der Waals surface area contributed by atoms with E-state index in [-0.39, 0.29) is 6.42 Å². The summed E-state index contributed by atoms with van der Waals surface area (Å²) in [4.78, 5) is 0. The third-order valence-electron chi connectivity index (χ3n) is 1.36. The van der Waals surface area contributed by atoms with E-state index in [2.05, 4.69) is 15.9 Å². The fraction of sp³-hybridized carbons (Fsp3) is 0.125. The molecule has 1 aromatic carbocycles. The monoisotopic (exact) mass is 263 g/mol. The lowest BCUT2D eigenvalue weighted by molar-refractivity contribution is 1.26. The van der Waals surface area contributed by atoms with Crippen molar-refractivity contribution in [3.8, 4) is 6.07 Å². The number of nitrogens with zero attached hydrogens (tertiary/aromatic N) is 1.